The molecule has 17 heavy (non-hydrogen) atoms. The van der Waals surface area contributed by atoms with Crippen molar-refractivity contribution in [3.8, 4) is 0 Å². The van der Waals surface area contributed by atoms with Gasteiger partial charge < -0.3 is 11.1 Å². The monoisotopic (exact) mass is 254 g/mol. The van der Waals surface area contributed by atoms with Crippen LogP contribution >= 0.6 is 11.3 Å². The van der Waals surface area contributed by atoms with Crippen LogP contribution in [0.2, 0.25) is 0 Å². The second-order valence-corrected chi connectivity index (χ2v) is 5.35. The Labute approximate surface area is 107 Å². The third-order valence-electron chi connectivity index (χ3n) is 2.77. The molecule has 0 bridgehead atoms. The molecular weight excluding hydrogens is 232 g/mol. The summed E-state index contributed by atoms with van der Waals surface area (Å²) in [6.07, 6.45) is 5.98. The van der Waals surface area contributed by atoms with Crippen molar-refractivity contribution in [2.45, 2.75) is 52.0 Å². The minimum atomic E-state index is -0.0412. The maximum absolute atomic E-state index is 11.8. The molecule has 0 spiro atoms. The molecule has 1 heterocycles. The van der Waals surface area contributed by atoms with Crippen LogP contribution in [0.4, 0.5) is 5.69 Å². The Morgan fingerprint density at radius 2 is 2.24 bits per heavy atom. The van der Waals surface area contributed by atoms with Gasteiger partial charge in [-0.3, -0.25) is 4.79 Å². The number of carbonyl (C=O) groups excluding carboxylic acids is 1. The third kappa shape index (κ3) is 4.77. The van der Waals surface area contributed by atoms with Gasteiger partial charge in [0, 0.05) is 6.04 Å². The smallest absolute Gasteiger partial charge is 0.263 e. The molecule has 0 aliphatic heterocycles. The third-order valence-corrected chi connectivity index (χ3v) is 3.70. The summed E-state index contributed by atoms with van der Waals surface area (Å²) < 4.78 is 0. The van der Waals surface area contributed by atoms with E-state index in [9.17, 15) is 4.79 Å². The molecule has 1 atom stereocenters. The maximum atomic E-state index is 11.8. The first-order valence-electron chi connectivity index (χ1n) is 6.29. The summed E-state index contributed by atoms with van der Waals surface area (Å²) in [4.78, 5) is 12.5. The van der Waals surface area contributed by atoms with E-state index in [1.807, 2.05) is 12.3 Å². The molecule has 96 valence electrons. The highest BCUT2D eigenvalue weighted by atomic mass is 32.1. The predicted molar refractivity (Wildman–Crippen MR) is 74.4 cm³/mol. The van der Waals surface area contributed by atoms with E-state index in [2.05, 4.69) is 12.2 Å². The van der Waals surface area contributed by atoms with E-state index in [0.717, 1.165) is 6.42 Å². The van der Waals surface area contributed by atoms with Gasteiger partial charge in [-0.25, -0.2) is 0 Å². The van der Waals surface area contributed by atoms with Crippen molar-refractivity contribution in [2.75, 3.05) is 5.73 Å². The number of hydrogen-bond donors (Lipinski definition) is 2. The highest BCUT2D eigenvalue weighted by molar-refractivity contribution is 7.12. The fourth-order valence-corrected chi connectivity index (χ4v) is 2.46. The molecule has 1 aromatic rings. The molecule has 1 amide bonds. The van der Waals surface area contributed by atoms with Crippen molar-refractivity contribution < 1.29 is 4.79 Å². The van der Waals surface area contributed by atoms with Gasteiger partial charge in [0.25, 0.3) is 5.91 Å². The maximum Gasteiger partial charge on any atom is 0.263 e. The molecule has 4 heteroatoms. The Morgan fingerprint density at radius 1 is 1.47 bits per heavy atom. The zero-order valence-corrected chi connectivity index (χ0v) is 11.5. The number of carbonyl (C=O) groups is 1. The fraction of sp³-hybridized carbons (Fsp3) is 0.615. The lowest BCUT2D eigenvalue weighted by Crippen LogP contribution is -2.32. The molecule has 0 aromatic carbocycles. The SMILES string of the molecule is CCCCCCC(C)NC(=O)c1sccc1N. The van der Waals surface area contributed by atoms with Gasteiger partial charge >= 0.3 is 0 Å². The van der Waals surface area contributed by atoms with Crippen LogP contribution in [0, 0.1) is 0 Å². The van der Waals surface area contributed by atoms with Gasteiger partial charge in [-0.1, -0.05) is 32.6 Å². The summed E-state index contributed by atoms with van der Waals surface area (Å²) in [5, 5.41) is 4.83. The van der Waals surface area contributed by atoms with Crippen LogP contribution in [-0.2, 0) is 0 Å². The van der Waals surface area contributed by atoms with Crippen molar-refractivity contribution in [1.82, 2.24) is 5.32 Å². The molecule has 0 radical (unpaired) electrons. The van der Waals surface area contributed by atoms with Crippen LogP contribution in [0.15, 0.2) is 11.4 Å². The van der Waals surface area contributed by atoms with E-state index >= 15 is 0 Å². The van der Waals surface area contributed by atoms with Gasteiger partial charge in [0.05, 0.1) is 5.69 Å². The second kappa shape index (κ2) is 7.33. The van der Waals surface area contributed by atoms with E-state index in [-0.39, 0.29) is 11.9 Å². The summed E-state index contributed by atoms with van der Waals surface area (Å²) in [6, 6.07) is 1.99. The second-order valence-electron chi connectivity index (χ2n) is 4.43. The normalized spacial score (nSPS) is 12.4. The van der Waals surface area contributed by atoms with Gasteiger partial charge in [-0.05, 0) is 24.8 Å². The largest absolute Gasteiger partial charge is 0.397 e. The number of unbranched alkanes of at least 4 members (excludes halogenated alkanes) is 3. The molecule has 3 nitrogen and oxygen atoms in total. The van der Waals surface area contributed by atoms with Gasteiger partial charge in [-0.2, -0.15) is 0 Å². The Kier molecular flexibility index (Phi) is 6.05. The molecule has 3 N–H and O–H groups in total. The molecule has 0 fully saturated rings. The fourth-order valence-electron chi connectivity index (χ4n) is 1.74. The van der Waals surface area contributed by atoms with E-state index < -0.39 is 0 Å². The molecule has 0 saturated heterocycles. The Balaban J connectivity index is 2.29. The first-order chi connectivity index (χ1) is 8.15. The summed E-state index contributed by atoms with van der Waals surface area (Å²) in [5.41, 5.74) is 6.28. The predicted octanol–water partition coefficient (Wildman–Crippen LogP) is 3.42. The van der Waals surface area contributed by atoms with Gasteiger partial charge in [0.2, 0.25) is 0 Å². The highest BCUT2D eigenvalue weighted by Crippen LogP contribution is 2.18. The first kappa shape index (κ1) is 14.0. The van der Waals surface area contributed by atoms with Gasteiger partial charge in [0.1, 0.15) is 4.88 Å². The zero-order valence-electron chi connectivity index (χ0n) is 10.7. The standard InChI is InChI=1S/C13H22N2OS/c1-3-4-5-6-7-10(2)15-13(16)12-11(14)8-9-17-12/h8-10H,3-7,14H2,1-2H3,(H,15,16). The lowest BCUT2D eigenvalue weighted by molar-refractivity contribution is 0.0943. The number of anilines is 1. The molecule has 1 aromatic heterocycles. The zero-order chi connectivity index (χ0) is 12.7. The molecule has 1 unspecified atom stereocenters. The van der Waals surface area contributed by atoms with Crippen molar-refractivity contribution in [2.24, 2.45) is 0 Å². The molecule has 1 rings (SSSR count). The Morgan fingerprint density at radius 3 is 2.82 bits per heavy atom. The van der Waals surface area contributed by atoms with Crippen LogP contribution in [-0.4, -0.2) is 11.9 Å². The van der Waals surface area contributed by atoms with Crippen LogP contribution in [0.5, 0.6) is 0 Å². The van der Waals surface area contributed by atoms with Crippen LogP contribution in [0.3, 0.4) is 0 Å². The summed E-state index contributed by atoms with van der Waals surface area (Å²) in [6.45, 7) is 4.25. The lowest BCUT2D eigenvalue weighted by atomic mass is 10.1. The Hall–Kier alpha value is -1.03. The van der Waals surface area contributed by atoms with Crippen LogP contribution in [0.25, 0.3) is 0 Å². The van der Waals surface area contributed by atoms with E-state index in [0.29, 0.717) is 10.6 Å². The summed E-state index contributed by atoms with van der Waals surface area (Å²) >= 11 is 1.39. The minimum absolute atomic E-state index is 0.0412. The van der Waals surface area contributed by atoms with E-state index in [1.165, 1.54) is 37.0 Å². The number of hydrogen-bond acceptors (Lipinski definition) is 3. The number of nitrogens with two attached hydrogens (primary N) is 1. The van der Waals surface area contributed by atoms with Crippen molar-refractivity contribution in [3.05, 3.63) is 16.3 Å². The Bertz CT molecular complexity index is 349. The van der Waals surface area contributed by atoms with Crippen LogP contribution < -0.4 is 11.1 Å². The highest BCUT2D eigenvalue weighted by Gasteiger charge is 2.13. The average Bonchev–Trinajstić information content (AvgIpc) is 2.71. The topological polar surface area (TPSA) is 55.1 Å². The summed E-state index contributed by atoms with van der Waals surface area (Å²) in [7, 11) is 0. The first-order valence-corrected chi connectivity index (χ1v) is 7.17. The minimum Gasteiger partial charge on any atom is -0.397 e. The summed E-state index contributed by atoms with van der Waals surface area (Å²) in [5.74, 6) is -0.0412. The quantitative estimate of drug-likeness (QED) is 0.732. The van der Waals surface area contributed by atoms with Crippen molar-refractivity contribution >= 4 is 22.9 Å². The number of nitrogens with one attached hydrogen (secondary N) is 1. The van der Waals surface area contributed by atoms with Crippen LogP contribution in [0.1, 0.15) is 55.6 Å². The number of amides is 1. The van der Waals surface area contributed by atoms with Gasteiger partial charge in [-0.15, -0.1) is 11.3 Å². The van der Waals surface area contributed by atoms with Crippen molar-refractivity contribution in [1.29, 1.82) is 0 Å². The van der Waals surface area contributed by atoms with E-state index in [1.54, 1.807) is 6.07 Å². The number of thiophene rings is 1. The number of rotatable bonds is 7. The lowest BCUT2D eigenvalue weighted by Gasteiger charge is -2.13. The molecular formula is C13H22N2OS. The molecule has 0 aliphatic rings. The van der Waals surface area contributed by atoms with E-state index in [4.69, 9.17) is 5.73 Å². The molecule has 0 saturated carbocycles. The number of nitrogen functional groups attached to an aromatic ring is 1. The average molecular weight is 254 g/mol. The van der Waals surface area contributed by atoms with Crippen molar-refractivity contribution in [3.63, 3.8) is 0 Å². The molecule has 0 aliphatic carbocycles. The van der Waals surface area contributed by atoms with Gasteiger partial charge in [0.15, 0.2) is 0 Å².